The van der Waals surface area contributed by atoms with Crippen molar-refractivity contribution in [2.75, 3.05) is 6.54 Å². The summed E-state index contributed by atoms with van der Waals surface area (Å²) in [4.78, 5) is 23.5. The molecule has 2 aromatic carbocycles. The Morgan fingerprint density at radius 2 is 1.83 bits per heavy atom. The highest BCUT2D eigenvalue weighted by Gasteiger charge is 2.24. The number of aldehydes is 1. The number of nitrogens with zero attached hydrogens (tertiary/aromatic N) is 3. The molecule has 150 valence electrons. The van der Waals surface area contributed by atoms with Gasteiger partial charge in [0.1, 0.15) is 17.8 Å². The number of rotatable bonds is 6. The SMILES string of the molecule is CCNC(=O)c1nnc(-c2cc(C(C)C)c(O)cc2O)n1-c1ccc(C=O)cc1. The average molecular weight is 394 g/mol. The standard InChI is InChI=1S/C21H22N4O4/c1-4-22-21(29)20-24-23-19(25(20)14-7-5-13(11-26)6-8-14)16-9-15(12(2)3)17(27)10-18(16)28/h5-12,27-28H,4H2,1-3H3,(H,22,29). The summed E-state index contributed by atoms with van der Waals surface area (Å²) in [6, 6.07) is 9.45. The van der Waals surface area contributed by atoms with Gasteiger partial charge in [0.05, 0.1) is 5.56 Å². The minimum atomic E-state index is -0.423. The second-order valence-corrected chi connectivity index (χ2v) is 6.83. The van der Waals surface area contributed by atoms with Crippen LogP contribution in [0.25, 0.3) is 17.1 Å². The number of phenols is 2. The van der Waals surface area contributed by atoms with E-state index in [2.05, 4.69) is 15.5 Å². The second-order valence-electron chi connectivity index (χ2n) is 6.83. The van der Waals surface area contributed by atoms with Crippen LogP contribution in [0.5, 0.6) is 11.5 Å². The molecule has 0 radical (unpaired) electrons. The van der Waals surface area contributed by atoms with E-state index in [1.165, 1.54) is 10.6 Å². The lowest BCUT2D eigenvalue weighted by molar-refractivity contribution is 0.0943. The van der Waals surface area contributed by atoms with E-state index >= 15 is 0 Å². The fourth-order valence-corrected chi connectivity index (χ4v) is 3.03. The highest BCUT2D eigenvalue weighted by molar-refractivity contribution is 5.92. The molecule has 0 spiro atoms. The van der Waals surface area contributed by atoms with Crippen molar-refractivity contribution in [3.05, 3.63) is 53.3 Å². The molecule has 0 aliphatic heterocycles. The van der Waals surface area contributed by atoms with E-state index in [-0.39, 0.29) is 29.1 Å². The van der Waals surface area contributed by atoms with Gasteiger partial charge in [0.15, 0.2) is 5.82 Å². The molecule has 0 saturated heterocycles. The van der Waals surface area contributed by atoms with Gasteiger partial charge in [-0.1, -0.05) is 13.8 Å². The molecule has 0 bridgehead atoms. The van der Waals surface area contributed by atoms with Crippen molar-refractivity contribution < 1.29 is 19.8 Å². The zero-order valence-electron chi connectivity index (χ0n) is 16.4. The average Bonchev–Trinajstić information content (AvgIpc) is 3.13. The van der Waals surface area contributed by atoms with Gasteiger partial charge >= 0.3 is 0 Å². The number of hydrogen-bond donors (Lipinski definition) is 3. The van der Waals surface area contributed by atoms with Crippen LogP contribution in [0.1, 0.15) is 53.2 Å². The van der Waals surface area contributed by atoms with Gasteiger partial charge in [-0.15, -0.1) is 10.2 Å². The Balaban J connectivity index is 2.26. The number of aromatic nitrogens is 3. The first kappa shape index (κ1) is 20.1. The third-order valence-corrected chi connectivity index (χ3v) is 4.50. The molecule has 8 nitrogen and oxygen atoms in total. The zero-order valence-corrected chi connectivity index (χ0v) is 16.4. The molecule has 3 N–H and O–H groups in total. The minimum Gasteiger partial charge on any atom is -0.508 e. The molecule has 0 saturated carbocycles. The number of benzene rings is 2. The number of phenolic OH excluding ortho intramolecular Hbond substituents is 2. The molecule has 1 heterocycles. The number of amides is 1. The fourth-order valence-electron chi connectivity index (χ4n) is 3.03. The van der Waals surface area contributed by atoms with Crippen LogP contribution in [0.15, 0.2) is 36.4 Å². The van der Waals surface area contributed by atoms with Crippen LogP contribution in [-0.2, 0) is 0 Å². The smallest absolute Gasteiger partial charge is 0.289 e. The topological polar surface area (TPSA) is 117 Å². The third-order valence-electron chi connectivity index (χ3n) is 4.50. The van der Waals surface area contributed by atoms with Crippen molar-refractivity contribution in [1.82, 2.24) is 20.1 Å². The number of nitrogens with one attached hydrogen (secondary N) is 1. The first-order valence-electron chi connectivity index (χ1n) is 9.22. The predicted octanol–water partition coefficient (Wildman–Crippen LogP) is 3.03. The van der Waals surface area contributed by atoms with Crippen molar-refractivity contribution in [2.24, 2.45) is 0 Å². The van der Waals surface area contributed by atoms with Crippen molar-refractivity contribution in [1.29, 1.82) is 0 Å². The van der Waals surface area contributed by atoms with E-state index in [9.17, 15) is 19.8 Å². The van der Waals surface area contributed by atoms with Crippen LogP contribution in [0.2, 0.25) is 0 Å². The summed E-state index contributed by atoms with van der Waals surface area (Å²) in [6.45, 7) is 6.03. The lowest BCUT2D eigenvalue weighted by Crippen LogP contribution is -2.26. The molecule has 0 aliphatic rings. The van der Waals surface area contributed by atoms with E-state index in [0.29, 0.717) is 28.9 Å². The summed E-state index contributed by atoms with van der Waals surface area (Å²) < 4.78 is 1.51. The van der Waals surface area contributed by atoms with Gasteiger partial charge in [-0.2, -0.15) is 0 Å². The monoisotopic (exact) mass is 394 g/mol. The van der Waals surface area contributed by atoms with E-state index in [1.54, 1.807) is 37.3 Å². The van der Waals surface area contributed by atoms with Gasteiger partial charge in [-0.3, -0.25) is 14.2 Å². The van der Waals surface area contributed by atoms with Crippen molar-refractivity contribution >= 4 is 12.2 Å². The third kappa shape index (κ3) is 3.82. The molecule has 3 rings (SSSR count). The highest BCUT2D eigenvalue weighted by atomic mass is 16.3. The summed E-state index contributed by atoms with van der Waals surface area (Å²) in [5.41, 5.74) is 1.99. The molecule has 0 fully saturated rings. The summed E-state index contributed by atoms with van der Waals surface area (Å²) >= 11 is 0. The van der Waals surface area contributed by atoms with Gasteiger partial charge < -0.3 is 15.5 Å². The molecule has 29 heavy (non-hydrogen) atoms. The lowest BCUT2D eigenvalue weighted by Gasteiger charge is -2.14. The van der Waals surface area contributed by atoms with Gasteiger partial charge in [0.25, 0.3) is 5.91 Å². The number of aromatic hydroxyl groups is 2. The number of carbonyl (C=O) groups is 2. The van der Waals surface area contributed by atoms with E-state index < -0.39 is 5.91 Å². The Kier molecular flexibility index (Phi) is 5.63. The van der Waals surface area contributed by atoms with Gasteiger partial charge in [0.2, 0.25) is 5.82 Å². The second kappa shape index (κ2) is 8.14. The van der Waals surface area contributed by atoms with Crippen LogP contribution >= 0.6 is 0 Å². The Morgan fingerprint density at radius 3 is 2.41 bits per heavy atom. The molecule has 0 aliphatic carbocycles. The molecule has 8 heteroatoms. The largest absolute Gasteiger partial charge is 0.508 e. The number of hydrogen-bond acceptors (Lipinski definition) is 6. The van der Waals surface area contributed by atoms with Gasteiger partial charge in [0, 0.05) is 23.9 Å². The van der Waals surface area contributed by atoms with E-state index in [4.69, 9.17) is 0 Å². The molecule has 3 aromatic rings. The first-order valence-corrected chi connectivity index (χ1v) is 9.22. The summed E-state index contributed by atoms with van der Waals surface area (Å²) in [5, 5.41) is 31.5. The van der Waals surface area contributed by atoms with Crippen LogP contribution in [0.4, 0.5) is 0 Å². The summed E-state index contributed by atoms with van der Waals surface area (Å²) in [5.74, 6) is -0.351. The first-order chi connectivity index (χ1) is 13.9. The van der Waals surface area contributed by atoms with Crippen molar-refractivity contribution in [3.8, 4) is 28.6 Å². The minimum absolute atomic E-state index is 0.000423. The van der Waals surface area contributed by atoms with Crippen molar-refractivity contribution in [2.45, 2.75) is 26.7 Å². The summed E-state index contributed by atoms with van der Waals surface area (Å²) in [7, 11) is 0. The molecule has 1 amide bonds. The van der Waals surface area contributed by atoms with Gasteiger partial charge in [-0.25, -0.2) is 0 Å². The molecule has 0 atom stereocenters. The predicted molar refractivity (Wildman–Crippen MR) is 108 cm³/mol. The maximum Gasteiger partial charge on any atom is 0.289 e. The van der Waals surface area contributed by atoms with E-state index in [0.717, 1.165) is 6.29 Å². The molecule has 0 unspecified atom stereocenters. The Morgan fingerprint density at radius 1 is 1.14 bits per heavy atom. The highest BCUT2D eigenvalue weighted by Crippen LogP contribution is 2.38. The van der Waals surface area contributed by atoms with Crippen LogP contribution in [-0.4, -0.2) is 43.7 Å². The Bertz CT molecular complexity index is 1060. The molecular formula is C21H22N4O4. The van der Waals surface area contributed by atoms with Crippen LogP contribution in [0.3, 0.4) is 0 Å². The van der Waals surface area contributed by atoms with Crippen molar-refractivity contribution in [3.63, 3.8) is 0 Å². The summed E-state index contributed by atoms with van der Waals surface area (Å²) in [6.07, 6.45) is 0.724. The van der Waals surface area contributed by atoms with E-state index in [1.807, 2.05) is 13.8 Å². The Hall–Kier alpha value is -3.68. The molecular weight excluding hydrogens is 372 g/mol. The van der Waals surface area contributed by atoms with Gasteiger partial charge in [-0.05, 0) is 48.7 Å². The molecule has 1 aromatic heterocycles. The maximum absolute atomic E-state index is 12.5. The zero-order chi connectivity index (χ0) is 21.1. The quantitative estimate of drug-likeness (QED) is 0.553. The maximum atomic E-state index is 12.5. The Labute approximate surface area is 167 Å². The number of carbonyl (C=O) groups excluding carboxylic acids is 2. The van der Waals surface area contributed by atoms with Crippen LogP contribution < -0.4 is 5.32 Å². The van der Waals surface area contributed by atoms with Crippen LogP contribution in [0, 0.1) is 0 Å². The normalized spacial score (nSPS) is 10.9. The fraction of sp³-hybridized carbons (Fsp3) is 0.238. The lowest BCUT2D eigenvalue weighted by atomic mass is 9.98.